The van der Waals surface area contributed by atoms with Gasteiger partial charge >= 0.3 is 6.09 Å². The fraction of sp³-hybridized carbons (Fsp3) is 0.562. The second kappa shape index (κ2) is 6.47. The maximum atomic E-state index is 11.8. The third kappa shape index (κ3) is 4.08. The number of halogens is 1. The summed E-state index contributed by atoms with van der Waals surface area (Å²) in [7, 11) is 0. The number of amides is 1. The number of alkyl carbamates (subject to hydrolysis) is 1. The molecule has 2 aromatic rings. The van der Waals surface area contributed by atoms with E-state index in [-0.39, 0.29) is 12.1 Å². The molecular weight excluding hydrogens is 332 g/mol. The van der Waals surface area contributed by atoms with Gasteiger partial charge < -0.3 is 14.8 Å². The van der Waals surface area contributed by atoms with E-state index in [1.165, 1.54) is 0 Å². The summed E-state index contributed by atoms with van der Waals surface area (Å²) >= 11 is 6.00. The molecule has 0 unspecified atom stereocenters. The van der Waals surface area contributed by atoms with E-state index in [2.05, 4.69) is 15.4 Å². The third-order valence-electron chi connectivity index (χ3n) is 3.71. The summed E-state index contributed by atoms with van der Waals surface area (Å²) in [6.45, 7) is 5.53. The lowest BCUT2D eigenvalue weighted by Crippen LogP contribution is -2.38. The van der Waals surface area contributed by atoms with Crippen LogP contribution in [0.4, 0.5) is 4.79 Å². The number of nitrogens with one attached hydrogen (secondary N) is 1. The molecule has 0 aliphatic heterocycles. The van der Waals surface area contributed by atoms with Crippen molar-refractivity contribution in [2.75, 3.05) is 0 Å². The number of ether oxygens (including phenoxy) is 2. The highest BCUT2D eigenvalue weighted by molar-refractivity contribution is 6.29. The van der Waals surface area contributed by atoms with Gasteiger partial charge in [0.15, 0.2) is 5.15 Å². The van der Waals surface area contributed by atoms with Crippen LogP contribution in [-0.2, 0) is 4.74 Å². The van der Waals surface area contributed by atoms with Crippen LogP contribution in [0.5, 0.6) is 5.88 Å². The molecule has 0 bridgehead atoms. The van der Waals surface area contributed by atoms with Crippen LogP contribution in [0.15, 0.2) is 18.5 Å². The summed E-state index contributed by atoms with van der Waals surface area (Å²) in [5, 5.41) is 7.35. The Bertz CT molecular complexity index is 740. The number of rotatable bonds is 3. The molecule has 1 fully saturated rings. The van der Waals surface area contributed by atoms with Gasteiger partial charge in [0.2, 0.25) is 5.88 Å². The zero-order valence-electron chi connectivity index (χ0n) is 14.0. The monoisotopic (exact) mass is 352 g/mol. The number of hydrogen-bond donors (Lipinski definition) is 1. The van der Waals surface area contributed by atoms with Gasteiger partial charge in [0.05, 0.1) is 12.4 Å². The number of aromatic nitrogens is 3. The summed E-state index contributed by atoms with van der Waals surface area (Å²) in [4.78, 5) is 16.1. The highest BCUT2D eigenvalue weighted by Crippen LogP contribution is 2.27. The Morgan fingerprint density at radius 2 is 2.21 bits per heavy atom. The molecule has 0 aromatic carbocycles. The third-order valence-corrected chi connectivity index (χ3v) is 3.89. The van der Waals surface area contributed by atoms with Crippen molar-refractivity contribution in [2.24, 2.45) is 0 Å². The Hall–Kier alpha value is -2.02. The molecule has 2 aromatic heterocycles. The molecule has 8 heteroatoms. The lowest BCUT2D eigenvalue weighted by atomic mass is 10.2. The van der Waals surface area contributed by atoms with E-state index in [9.17, 15) is 4.79 Å². The van der Waals surface area contributed by atoms with Crippen LogP contribution < -0.4 is 10.1 Å². The van der Waals surface area contributed by atoms with E-state index in [4.69, 9.17) is 21.1 Å². The van der Waals surface area contributed by atoms with Crippen LogP contribution in [0.1, 0.15) is 40.0 Å². The highest BCUT2D eigenvalue weighted by atomic mass is 35.5. The Kier molecular flexibility index (Phi) is 4.54. The van der Waals surface area contributed by atoms with Crippen molar-refractivity contribution in [1.82, 2.24) is 19.9 Å². The minimum absolute atomic E-state index is 0.0324. The molecule has 24 heavy (non-hydrogen) atoms. The van der Waals surface area contributed by atoms with Gasteiger partial charge in [-0.1, -0.05) is 11.6 Å². The van der Waals surface area contributed by atoms with Gasteiger partial charge in [0, 0.05) is 12.5 Å². The molecular formula is C16H21ClN4O3. The van der Waals surface area contributed by atoms with Gasteiger partial charge in [-0.05, 0) is 39.7 Å². The van der Waals surface area contributed by atoms with Crippen molar-refractivity contribution < 1.29 is 14.3 Å². The summed E-state index contributed by atoms with van der Waals surface area (Å²) in [6, 6.07) is 1.86. The van der Waals surface area contributed by atoms with E-state index in [0.29, 0.717) is 17.5 Å². The first kappa shape index (κ1) is 16.8. The molecule has 1 N–H and O–H groups in total. The summed E-state index contributed by atoms with van der Waals surface area (Å²) in [5.74, 6) is 0.461. The summed E-state index contributed by atoms with van der Waals surface area (Å²) < 4.78 is 12.9. The standard InChI is InChI=1S/C16H21ClN4O3/c1-16(2,3)24-15(22)19-10-4-5-11(8-10)23-14-12-6-7-18-21(12)9-13(17)20-14/h6-7,9-11H,4-5,8H2,1-3H3,(H,19,22)/t10-,11+/m1/s1. The van der Waals surface area contributed by atoms with Crippen molar-refractivity contribution >= 4 is 23.2 Å². The molecule has 0 radical (unpaired) electrons. The van der Waals surface area contributed by atoms with Gasteiger partial charge in [-0.25, -0.2) is 9.31 Å². The Labute approximate surface area is 145 Å². The topological polar surface area (TPSA) is 77.8 Å². The molecule has 1 amide bonds. The van der Waals surface area contributed by atoms with Crippen LogP contribution in [0, 0.1) is 0 Å². The molecule has 1 aliphatic rings. The van der Waals surface area contributed by atoms with Gasteiger partial charge in [-0.15, -0.1) is 0 Å². The van der Waals surface area contributed by atoms with Crippen molar-refractivity contribution in [1.29, 1.82) is 0 Å². The van der Waals surface area contributed by atoms with E-state index >= 15 is 0 Å². The number of fused-ring (bicyclic) bond motifs is 1. The van der Waals surface area contributed by atoms with E-state index in [0.717, 1.165) is 18.4 Å². The zero-order chi connectivity index (χ0) is 17.3. The van der Waals surface area contributed by atoms with E-state index < -0.39 is 11.7 Å². The Morgan fingerprint density at radius 1 is 1.42 bits per heavy atom. The maximum Gasteiger partial charge on any atom is 0.407 e. The van der Waals surface area contributed by atoms with Crippen LogP contribution in [-0.4, -0.2) is 38.4 Å². The molecule has 1 aliphatic carbocycles. The van der Waals surface area contributed by atoms with Gasteiger partial charge in [0.1, 0.15) is 17.2 Å². The fourth-order valence-electron chi connectivity index (χ4n) is 2.77. The highest BCUT2D eigenvalue weighted by Gasteiger charge is 2.29. The molecule has 2 atom stereocenters. The van der Waals surface area contributed by atoms with Crippen molar-refractivity contribution in [3.63, 3.8) is 0 Å². The molecule has 7 nitrogen and oxygen atoms in total. The maximum absolute atomic E-state index is 11.8. The largest absolute Gasteiger partial charge is 0.473 e. The van der Waals surface area contributed by atoms with E-state index in [1.54, 1.807) is 16.9 Å². The Morgan fingerprint density at radius 3 is 2.96 bits per heavy atom. The van der Waals surface area contributed by atoms with Crippen LogP contribution in [0.3, 0.4) is 0 Å². The van der Waals surface area contributed by atoms with Crippen LogP contribution >= 0.6 is 11.6 Å². The van der Waals surface area contributed by atoms with Gasteiger partial charge in [0.25, 0.3) is 0 Å². The van der Waals surface area contributed by atoms with Crippen LogP contribution in [0.2, 0.25) is 5.15 Å². The second-order valence-electron chi connectivity index (χ2n) is 6.93. The average molecular weight is 353 g/mol. The zero-order valence-corrected chi connectivity index (χ0v) is 14.7. The number of carbonyl (C=O) groups excluding carboxylic acids is 1. The van der Waals surface area contributed by atoms with Crippen molar-refractivity contribution in [3.8, 4) is 5.88 Å². The first-order valence-electron chi connectivity index (χ1n) is 7.96. The first-order valence-corrected chi connectivity index (χ1v) is 8.34. The first-order chi connectivity index (χ1) is 11.3. The quantitative estimate of drug-likeness (QED) is 0.917. The van der Waals surface area contributed by atoms with Crippen molar-refractivity contribution in [3.05, 3.63) is 23.6 Å². The van der Waals surface area contributed by atoms with Gasteiger partial charge in [-0.2, -0.15) is 10.1 Å². The minimum Gasteiger partial charge on any atom is -0.473 e. The molecule has 2 heterocycles. The fourth-order valence-corrected chi connectivity index (χ4v) is 2.94. The average Bonchev–Trinajstić information content (AvgIpc) is 3.05. The number of nitrogens with zero attached hydrogens (tertiary/aromatic N) is 3. The SMILES string of the molecule is CC(C)(C)OC(=O)N[C@@H]1CC[C@H](Oc2nc(Cl)cn3nccc23)C1. The van der Waals surface area contributed by atoms with Crippen molar-refractivity contribution in [2.45, 2.75) is 57.8 Å². The number of carbonyl (C=O) groups is 1. The predicted molar refractivity (Wildman–Crippen MR) is 89.4 cm³/mol. The normalized spacial score (nSPS) is 21.0. The smallest absolute Gasteiger partial charge is 0.407 e. The van der Waals surface area contributed by atoms with Crippen LogP contribution in [0.25, 0.3) is 5.52 Å². The number of hydrogen-bond acceptors (Lipinski definition) is 5. The molecule has 1 saturated carbocycles. The summed E-state index contributed by atoms with van der Waals surface area (Å²) in [5.41, 5.74) is 0.264. The molecule has 130 valence electrons. The Balaban J connectivity index is 1.60. The molecule has 0 saturated heterocycles. The predicted octanol–water partition coefficient (Wildman–Crippen LogP) is 3.21. The molecule has 3 rings (SSSR count). The van der Waals surface area contributed by atoms with Gasteiger partial charge in [-0.3, -0.25) is 0 Å². The second-order valence-corrected chi connectivity index (χ2v) is 7.31. The minimum atomic E-state index is -0.503. The lowest BCUT2D eigenvalue weighted by molar-refractivity contribution is 0.0503. The van der Waals surface area contributed by atoms with E-state index in [1.807, 2.05) is 26.8 Å². The summed E-state index contributed by atoms with van der Waals surface area (Å²) in [6.07, 6.45) is 5.23. The lowest BCUT2D eigenvalue weighted by Gasteiger charge is -2.21. The molecule has 0 spiro atoms.